The molecule has 32 heavy (non-hydrogen) atoms. The third-order valence-electron chi connectivity index (χ3n) is 6.02. The number of rotatable bonds is 7. The largest absolute Gasteiger partial charge is 0.375 e. The predicted octanol–water partition coefficient (Wildman–Crippen LogP) is 3.85. The Morgan fingerprint density at radius 2 is 2.12 bits per heavy atom. The van der Waals surface area contributed by atoms with Crippen molar-refractivity contribution in [1.82, 2.24) is 15.6 Å². The Hall–Kier alpha value is -1.94. The van der Waals surface area contributed by atoms with Gasteiger partial charge in [0.25, 0.3) is 0 Å². The fourth-order valence-corrected chi connectivity index (χ4v) is 4.03. The summed E-state index contributed by atoms with van der Waals surface area (Å²) in [6.07, 6.45) is 4.26. The second kappa shape index (κ2) is 11.3. The first kappa shape index (κ1) is 24.7. The highest BCUT2D eigenvalue weighted by molar-refractivity contribution is 14.0. The van der Waals surface area contributed by atoms with Crippen LogP contribution in [-0.4, -0.2) is 49.8 Å². The van der Waals surface area contributed by atoms with E-state index in [4.69, 9.17) is 9.73 Å². The zero-order valence-electron chi connectivity index (χ0n) is 18.8. The van der Waals surface area contributed by atoms with Gasteiger partial charge in [0.15, 0.2) is 5.96 Å². The number of hydrogen-bond donors (Lipinski definition) is 2. The first-order chi connectivity index (χ1) is 15.1. The average molecular weight is 553 g/mol. The van der Waals surface area contributed by atoms with Crippen LogP contribution in [0.5, 0.6) is 0 Å². The molecule has 1 unspecified atom stereocenters. The van der Waals surface area contributed by atoms with E-state index < -0.39 is 0 Å². The van der Waals surface area contributed by atoms with E-state index in [1.807, 2.05) is 12.3 Å². The van der Waals surface area contributed by atoms with Crippen LogP contribution < -0.4 is 15.5 Å². The van der Waals surface area contributed by atoms with E-state index in [0.29, 0.717) is 6.54 Å². The first-order valence-electron chi connectivity index (χ1n) is 11.2. The fourth-order valence-electron chi connectivity index (χ4n) is 4.03. The Labute approximate surface area is 207 Å². The van der Waals surface area contributed by atoms with Gasteiger partial charge in [0.2, 0.25) is 0 Å². The number of aromatic nitrogens is 1. The van der Waals surface area contributed by atoms with Gasteiger partial charge < -0.3 is 20.3 Å². The third-order valence-corrected chi connectivity index (χ3v) is 6.02. The highest BCUT2D eigenvalue weighted by Gasteiger charge is 2.44. The van der Waals surface area contributed by atoms with E-state index in [1.54, 1.807) is 12.1 Å². The van der Waals surface area contributed by atoms with Crippen LogP contribution in [0.25, 0.3) is 0 Å². The van der Waals surface area contributed by atoms with Crippen LogP contribution in [0.15, 0.2) is 47.6 Å². The number of hydrogen-bond acceptors (Lipinski definition) is 4. The van der Waals surface area contributed by atoms with Gasteiger partial charge in [-0.05, 0) is 56.0 Å². The molecule has 8 heteroatoms. The van der Waals surface area contributed by atoms with Crippen molar-refractivity contribution < 1.29 is 9.13 Å². The lowest BCUT2D eigenvalue weighted by atomic mass is 9.96. The second-order valence-electron chi connectivity index (χ2n) is 8.49. The van der Waals surface area contributed by atoms with E-state index in [2.05, 4.69) is 46.5 Å². The lowest BCUT2D eigenvalue weighted by Gasteiger charge is -2.32. The first-order valence-corrected chi connectivity index (χ1v) is 11.2. The SMILES string of the molecule is CCNC(=NCc1ccc(N2CCOC(C)C2)nc1)NCC1(c2cccc(F)c2)CC1.I. The zero-order valence-corrected chi connectivity index (χ0v) is 21.1. The van der Waals surface area contributed by atoms with Crippen molar-refractivity contribution in [2.45, 2.75) is 44.8 Å². The summed E-state index contributed by atoms with van der Waals surface area (Å²) in [5.41, 5.74) is 2.14. The van der Waals surface area contributed by atoms with Crippen molar-refractivity contribution in [1.29, 1.82) is 0 Å². The molecule has 1 saturated heterocycles. The normalized spacial score (nSPS) is 19.8. The van der Waals surface area contributed by atoms with Crippen LogP contribution >= 0.6 is 24.0 Å². The van der Waals surface area contributed by atoms with Gasteiger partial charge in [-0.25, -0.2) is 14.4 Å². The van der Waals surface area contributed by atoms with E-state index >= 15 is 0 Å². The molecule has 1 aromatic carbocycles. The molecule has 1 aliphatic carbocycles. The van der Waals surface area contributed by atoms with Gasteiger partial charge in [-0.2, -0.15) is 0 Å². The van der Waals surface area contributed by atoms with E-state index in [0.717, 1.165) is 68.5 Å². The van der Waals surface area contributed by atoms with E-state index in [9.17, 15) is 4.39 Å². The lowest BCUT2D eigenvalue weighted by Crippen LogP contribution is -2.41. The molecule has 0 spiro atoms. The van der Waals surface area contributed by atoms with Crippen molar-refractivity contribution >= 4 is 35.8 Å². The van der Waals surface area contributed by atoms with Gasteiger partial charge in [-0.1, -0.05) is 18.2 Å². The van der Waals surface area contributed by atoms with Crippen molar-refractivity contribution in [3.8, 4) is 0 Å². The molecule has 2 fully saturated rings. The molecule has 0 amide bonds. The van der Waals surface area contributed by atoms with Crippen LogP contribution in [0.2, 0.25) is 0 Å². The molecule has 2 N–H and O–H groups in total. The molecule has 1 saturated carbocycles. The molecule has 2 aliphatic rings. The molecular formula is C24H33FIN5O. The van der Waals surface area contributed by atoms with Gasteiger partial charge in [-0.15, -0.1) is 24.0 Å². The summed E-state index contributed by atoms with van der Waals surface area (Å²) < 4.78 is 19.3. The molecule has 0 radical (unpaired) electrons. The Morgan fingerprint density at radius 3 is 2.78 bits per heavy atom. The van der Waals surface area contributed by atoms with Crippen LogP contribution in [0.3, 0.4) is 0 Å². The molecule has 1 aliphatic heterocycles. The number of ether oxygens (including phenoxy) is 1. The molecule has 0 bridgehead atoms. The number of morpholine rings is 1. The molecule has 1 atom stereocenters. The highest BCUT2D eigenvalue weighted by atomic mass is 127. The number of halogens is 2. The van der Waals surface area contributed by atoms with Crippen molar-refractivity contribution in [2.75, 3.05) is 37.7 Å². The minimum Gasteiger partial charge on any atom is -0.375 e. The van der Waals surface area contributed by atoms with E-state index in [1.165, 1.54) is 6.07 Å². The van der Waals surface area contributed by atoms with Gasteiger partial charge in [0.05, 0.1) is 19.3 Å². The average Bonchev–Trinajstić information content (AvgIpc) is 3.57. The Bertz CT molecular complexity index is 904. The smallest absolute Gasteiger partial charge is 0.191 e. The molecule has 174 valence electrons. The molecule has 1 aromatic heterocycles. The van der Waals surface area contributed by atoms with Crippen molar-refractivity contribution in [3.05, 3.63) is 59.5 Å². The van der Waals surface area contributed by atoms with Gasteiger partial charge in [0, 0.05) is 37.8 Å². The Morgan fingerprint density at radius 1 is 1.28 bits per heavy atom. The van der Waals surface area contributed by atoms with Crippen LogP contribution in [-0.2, 0) is 16.7 Å². The highest BCUT2D eigenvalue weighted by Crippen LogP contribution is 2.47. The number of nitrogens with one attached hydrogen (secondary N) is 2. The maximum atomic E-state index is 13.6. The van der Waals surface area contributed by atoms with E-state index in [-0.39, 0.29) is 41.3 Å². The molecule has 2 heterocycles. The zero-order chi connectivity index (χ0) is 21.7. The van der Waals surface area contributed by atoms with Gasteiger partial charge >= 0.3 is 0 Å². The maximum Gasteiger partial charge on any atom is 0.191 e. The fraction of sp³-hybridized carbons (Fsp3) is 0.500. The molecule has 2 aromatic rings. The number of pyridine rings is 1. The summed E-state index contributed by atoms with van der Waals surface area (Å²) in [6.45, 7) is 8.70. The van der Waals surface area contributed by atoms with Crippen LogP contribution in [0.1, 0.15) is 37.8 Å². The summed E-state index contributed by atoms with van der Waals surface area (Å²) in [7, 11) is 0. The Kier molecular flexibility index (Phi) is 8.70. The number of guanidine groups is 1. The number of benzene rings is 1. The number of nitrogens with zero attached hydrogens (tertiary/aromatic N) is 3. The maximum absolute atomic E-state index is 13.6. The minimum absolute atomic E-state index is 0. The number of anilines is 1. The van der Waals surface area contributed by atoms with Crippen LogP contribution in [0.4, 0.5) is 10.2 Å². The topological polar surface area (TPSA) is 61.8 Å². The molecular weight excluding hydrogens is 520 g/mol. The standard InChI is InChI=1S/C24H32FN5O.HI/c1-3-26-23(29-17-24(9-10-24)20-5-4-6-21(25)13-20)28-15-19-7-8-22(27-14-19)30-11-12-31-18(2)16-30;/h4-8,13-14,18H,3,9-12,15-17H2,1-2H3,(H2,26,28,29);1H. The van der Waals surface area contributed by atoms with Gasteiger partial charge in [0.1, 0.15) is 11.6 Å². The van der Waals surface area contributed by atoms with Crippen LogP contribution in [0, 0.1) is 5.82 Å². The summed E-state index contributed by atoms with van der Waals surface area (Å²) >= 11 is 0. The summed E-state index contributed by atoms with van der Waals surface area (Å²) in [4.78, 5) is 11.6. The third kappa shape index (κ3) is 6.31. The van der Waals surface area contributed by atoms with Crippen molar-refractivity contribution in [3.63, 3.8) is 0 Å². The lowest BCUT2D eigenvalue weighted by molar-refractivity contribution is 0.0529. The molecule has 4 rings (SSSR count). The van der Waals surface area contributed by atoms with Crippen molar-refractivity contribution in [2.24, 2.45) is 4.99 Å². The minimum atomic E-state index is -0.174. The summed E-state index contributed by atoms with van der Waals surface area (Å²) in [5.74, 6) is 1.58. The predicted molar refractivity (Wildman–Crippen MR) is 137 cm³/mol. The number of aliphatic imine (C=N–C) groups is 1. The second-order valence-corrected chi connectivity index (χ2v) is 8.49. The summed E-state index contributed by atoms with van der Waals surface area (Å²) in [5, 5.41) is 6.76. The quantitative estimate of drug-likeness (QED) is 0.310. The van der Waals surface area contributed by atoms with Gasteiger partial charge in [-0.3, -0.25) is 0 Å². The Balaban J connectivity index is 0.00000289. The monoisotopic (exact) mass is 553 g/mol. The molecule has 6 nitrogen and oxygen atoms in total. The summed E-state index contributed by atoms with van der Waals surface area (Å²) in [6, 6.07) is 11.1.